The van der Waals surface area contributed by atoms with Crippen LogP contribution in [-0.2, 0) is 30.5 Å². The first-order chi connectivity index (χ1) is 17.3. The molecule has 1 aliphatic heterocycles. The number of amides is 2. The number of carbonyl (C=O) groups excluding carboxylic acids is 3. The SMILES string of the molecule is C=CCOC(=O)C1(NC(=O)[C@@H]2C[C@@H](OCc3cccc4ccccc34)CN2C(=O)[C@@H](N)C(C)C)CC1. The van der Waals surface area contributed by atoms with Crippen molar-refractivity contribution in [3.05, 3.63) is 60.7 Å². The first kappa shape index (κ1) is 25.9. The standard InChI is InChI=1S/C28H35N3O5/c1-4-14-35-27(34)28(12-13-28)30-25(32)23-15-21(16-31(23)26(33)24(29)18(2)3)36-17-20-10-7-9-19-8-5-6-11-22(19)20/h4-11,18,21,23-24H,1,12-17,29H2,2-3H3,(H,30,32)/t21-,23+,24+/m1/s1. The molecule has 3 atom stereocenters. The first-order valence-electron chi connectivity index (χ1n) is 12.5. The van der Waals surface area contributed by atoms with Crippen LogP contribution in [0.4, 0.5) is 0 Å². The molecule has 1 aliphatic carbocycles. The third-order valence-electron chi connectivity index (χ3n) is 7.04. The van der Waals surface area contributed by atoms with Crippen LogP contribution in [0.3, 0.4) is 0 Å². The molecule has 1 heterocycles. The Morgan fingerprint density at radius 1 is 1.19 bits per heavy atom. The van der Waals surface area contributed by atoms with E-state index in [0.717, 1.165) is 16.3 Å². The Kier molecular flexibility index (Phi) is 7.76. The lowest BCUT2D eigenvalue weighted by Gasteiger charge is -2.29. The highest BCUT2D eigenvalue weighted by Crippen LogP contribution is 2.37. The summed E-state index contributed by atoms with van der Waals surface area (Å²) in [6, 6.07) is 12.6. The smallest absolute Gasteiger partial charge is 0.332 e. The number of carbonyl (C=O) groups is 3. The average Bonchev–Trinajstić information content (AvgIpc) is 3.53. The number of nitrogens with two attached hydrogens (primary N) is 1. The Hall–Kier alpha value is -3.23. The van der Waals surface area contributed by atoms with E-state index >= 15 is 0 Å². The molecule has 1 saturated carbocycles. The number of nitrogens with one attached hydrogen (secondary N) is 1. The second-order valence-electron chi connectivity index (χ2n) is 10.0. The highest BCUT2D eigenvalue weighted by Gasteiger charge is 2.54. The quantitative estimate of drug-likeness (QED) is 0.389. The molecule has 0 unspecified atom stereocenters. The molecule has 0 spiro atoms. The van der Waals surface area contributed by atoms with Gasteiger partial charge in [0.15, 0.2) is 0 Å². The summed E-state index contributed by atoms with van der Waals surface area (Å²) in [5.74, 6) is -1.24. The van der Waals surface area contributed by atoms with Crippen molar-refractivity contribution >= 4 is 28.6 Å². The van der Waals surface area contributed by atoms with Gasteiger partial charge in [-0.25, -0.2) is 4.79 Å². The summed E-state index contributed by atoms with van der Waals surface area (Å²) in [6.45, 7) is 7.99. The minimum absolute atomic E-state index is 0.0812. The van der Waals surface area contributed by atoms with E-state index in [1.165, 1.54) is 11.0 Å². The Balaban J connectivity index is 1.48. The van der Waals surface area contributed by atoms with Crippen molar-refractivity contribution in [1.82, 2.24) is 10.2 Å². The number of nitrogens with zero attached hydrogens (tertiary/aromatic N) is 1. The van der Waals surface area contributed by atoms with Gasteiger partial charge in [-0.3, -0.25) is 9.59 Å². The van der Waals surface area contributed by atoms with E-state index < -0.39 is 23.6 Å². The van der Waals surface area contributed by atoms with Crippen molar-refractivity contribution in [1.29, 1.82) is 0 Å². The van der Waals surface area contributed by atoms with Crippen LogP contribution in [0, 0.1) is 5.92 Å². The first-order valence-corrected chi connectivity index (χ1v) is 12.5. The average molecular weight is 494 g/mol. The summed E-state index contributed by atoms with van der Waals surface area (Å²) in [5, 5.41) is 5.08. The highest BCUT2D eigenvalue weighted by molar-refractivity contribution is 5.95. The summed E-state index contributed by atoms with van der Waals surface area (Å²) in [6.07, 6.45) is 2.47. The molecule has 3 N–H and O–H groups in total. The Labute approximate surface area is 211 Å². The van der Waals surface area contributed by atoms with Gasteiger partial charge in [-0.2, -0.15) is 0 Å². The number of hydrogen-bond donors (Lipinski definition) is 2. The normalized spacial score (nSPS) is 21.3. The molecule has 192 valence electrons. The molecule has 2 fully saturated rings. The lowest BCUT2D eigenvalue weighted by Crippen LogP contribution is -2.55. The van der Waals surface area contributed by atoms with Gasteiger partial charge in [0, 0.05) is 13.0 Å². The number of fused-ring (bicyclic) bond motifs is 1. The van der Waals surface area contributed by atoms with Gasteiger partial charge < -0.3 is 25.4 Å². The molecule has 0 bridgehead atoms. The summed E-state index contributed by atoms with van der Waals surface area (Å²) in [7, 11) is 0. The molecule has 0 aromatic heterocycles. The van der Waals surface area contributed by atoms with Crippen molar-refractivity contribution < 1.29 is 23.9 Å². The van der Waals surface area contributed by atoms with Crippen LogP contribution in [0.5, 0.6) is 0 Å². The van der Waals surface area contributed by atoms with Crippen LogP contribution in [0.25, 0.3) is 10.8 Å². The van der Waals surface area contributed by atoms with E-state index in [9.17, 15) is 14.4 Å². The fourth-order valence-electron chi connectivity index (χ4n) is 4.61. The number of rotatable bonds is 10. The molecule has 1 saturated heterocycles. The topological polar surface area (TPSA) is 111 Å². The Bertz CT molecular complexity index is 1140. The van der Waals surface area contributed by atoms with E-state index in [4.69, 9.17) is 15.2 Å². The van der Waals surface area contributed by atoms with E-state index in [-0.39, 0.29) is 37.0 Å². The molecule has 8 nitrogen and oxygen atoms in total. The van der Waals surface area contributed by atoms with Gasteiger partial charge in [-0.05, 0) is 35.1 Å². The fraction of sp³-hybridized carbons (Fsp3) is 0.464. The molecule has 2 amide bonds. The van der Waals surface area contributed by atoms with Gasteiger partial charge in [0.25, 0.3) is 0 Å². The van der Waals surface area contributed by atoms with Crippen LogP contribution in [0.2, 0.25) is 0 Å². The second kappa shape index (κ2) is 10.8. The van der Waals surface area contributed by atoms with Gasteiger partial charge >= 0.3 is 5.97 Å². The molecule has 36 heavy (non-hydrogen) atoms. The third kappa shape index (κ3) is 5.44. The third-order valence-corrected chi connectivity index (χ3v) is 7.04. The number of likely N-dealkylation sites (tertiary alicyclic amines) is 1. The number of benzene rings is 2. The maximum absolute atomic E-state index is 13.4. The summed E-state index contributed by atoms with van der Waals surface area (Å²) in [5.41, 5.74) is 6.18. The van der Waals surface area contributed by atoms with Crippen molar-refractivity contribution in [2.45, 2.75) is 63.4 Å². The monoisotopic (exact) mass is 493 g/mol. The van der Waals surface area contributed by atoms with Crippen molar-refractivity contribution in [2.75, 3.05) is 13.2 Å². The zero-order valence-electron chi connectivity index (χ0n) is 20.9. The minimum atomic E-state index is -1.03. The van der Waals surface area contributed by atoms with Gasteiger partial charge in [0.05, 0.1) is 18.8 Å². The number of hydrogen-bond acceptors (Lipinski definition) is 6. The summed E-state index contributed by atoms with van der Waals surface area (Å²) >= 11 is 0. The van der Waals surface area contributed by atoms with E-state index in [1.807, 2.05) is 38.1 Å². The maximum Gasteiger partial charge on any atom is 0.332 e. The summed E-state index contributed by atoms with van der Waals surface area (Å²) in [4.78, 5) is 40.6. The van der Waals surface area contributed by atoms with E-state index in [0.29, 0.717) is 25.9 Å². The molecule has 0 radical (unpaired) electrons. The minimum Gasteiger partial charge on any atom is -0.460 e. The lowest BCUT2D eigenvalue weighted by atomic mass is 10.0. The van der Waals surface area contributed by atoms with Crippen molar-refractivity contribution in [3.63, 3.8) is 0 Å². The molecule has 2 aromatic rings. The van der Waals surface area contributed by atoms with Gasteiger partial charge in [0.2, 0.25) is 11.8 Å². The lowest BCUT2D eigenvalue weighted by molar-refractivity contribution is -0.149. The number of ether oxygens (including phenoxy) is 2. The predicted octanol–water partition coefficient (Wildman–Crippen LogP) is 2.69. The molecular formula is C28H35N3O5. The fourth-order valence-corrected chi connectivity index (χ4v) is 4.61. The van der Waals surface area contributed by atoms with E-state index in [1.54, 1.807) is 0 Å². The van der Waals surface area contributed by atoms with Crippen LogP contribution in [-0.4, -0.2) is 59.6 Å². The molecule has 2 aliphatic rings. The van der Waals surface area contributed by atoms with Gasteiger partial charge in [-0.15, -0.1) is 0 Å². The highest BCUT2D eigenvalue weighted by atomic mass is 16.5. The Morgan fingerprint density at radius 3 is 2.61 bits per heavy atom. The largest absolute Gasteiger partial charge is 0.460 e. The predicted molar refractivity (Wildman–Crippen MR) is 137 cm³/mol. The molecule has 2 aromatic carbocycles. The molecule has 8 heteroatoms. The second-order valence-corrected chi connectivity index (χ2v) is 10.0. The van der Waals surface area contributed by atoms with Crippen LogP contribution < -0.4 is 11.1 Å². The van der Waals surface area contributed by atoms with Gasteiger partial charge in [-0.1, -0.05) is 69.0 Å². The molecular weight excluding hydrogens is 458 g/mol. The zero-order valence-corrected chi connectivity index (χ0v) is 20.9. The zero-order chi connectivity index (χ0) is 25.9. The summed E-state index contributed by atoms with van der Waals surface area (Å²) < 4.78 is 11.4. The Morgan fingerprint density at radius 2 is 1.92 bits per heavy atom. The van der Waals surface area contributed by atoms with E-state index in [2.05, 4.69) is 30.1 Å². The van der Waals surface area contributed by atoms with Crippen molar-refractivity contribution in [3.8, 4) is 0 Å². The molecule has 4 rings (SSSR count). The van der Waals surface area contributed by atoms with Crippen molar-refractivity contribution in [2.24, 2.45) is 11.7 Å². The number of esters is 1. The van der Waals surface area contributed by atoms with Gasteiger partial charge in [0.1, 0.15) is 18.2 Å². The van der Waals surface area contributed by atoms with Crippen LogP contribution >= 0.6 is 0 Å². The van der Waals surface area contributed by atoms with Crippen LogP contribution in [0.15, 0.2) is 55.1 Å². The van der Waals surface area contributed by atoms with Crippen LogP contribution in [0.1, 0.15) is 38.7 Å². The maximum atomic E-state index is 13.4.